The van der Waals surface area contributed by atoms with E-state index in [1.165, 1.54) is 44.6 Å². The van der Waals surface area contributed by atoms with Crippen molar-refractivity contribution in [1.82, 2.24) is 9.78 Å². The number of hydrogen-bond acceptors (Lipinski definition) is 4. The summed E-state index contributed by atoms with van der Waals surface area (Å²) in [5, 5.41) is 21.7. The number of aliphatic hydroxyl groups is 1. The van der Waals surface area contributed by atoms with Gasteiger partial charge < -0.3 is 10.8 Å². The van der Waals surface area contributed by atoms with E-state index in [1.807, 2.05) is 19.1 Å². The van der Waals surface area contributed by atoms with E-state index >= 15 is 0 Å². The number of nitrogens with one attached hydrogen (secondary N) is 1. The monoisotopic (exact) mass is 464 g/mol. The van der Waals surface area contributed by atoms with Crippen LogP contribution in [0.1, 0.15) is 83.5 Å². The molecule has 2 aliphatic carbocycles. The SMILES string of the molecule is CC(F)(F)C(=N)/C=C\C=C\C1Cc2cn(C3CCCCC3)nc2C=C1CO.CCC.CCN. The molecule has 5 nitrogen and oxygen atoms in total. The Labute approximate surface area is 198 Å². The van der Waals surface area contributed by atoms with Gasteiger partial charge in [-0.1, -0.05) is 64.7 Å². The predicted octanol–water partition coefficient (Wildman–Crippen LogP) is 6.10. The summed E-state index contributed by atoms with van der Waals surface area (Å²) in [6.45, 7) is 7.56. The Morgan fingerprint density at radius 2 is 1.85 bits per heavy atom. The minimum Gasteiger partial charge on any atom is -0.392 e. The molecule has 4 N–H and O–H groups in total. The molecule has 1 saturated carbocycles. The maximum Gasteiger partial charge on any atom is 0.286 e. The molecule has 1 heterocycles. The van der Waals surface area contributed by atoms with Gasteiger partial charge in [-0.25, -0.2) is 0 Å². The summed E-state index contributed by atoms with van der Waals surface area (Å²) < 4.78 is 28.1. The van der Waals surface area contributed by atoms with Gasteiger partial charge in [0.05, 0.1) is 18.3 Å². The lowest BCUT2D eigenvalue weighted by Gasteiger charge is -2.21. The zero-order valence-corrected chi connectivity index (χ0v) is 20.7. The highest BCUT2D eigenvalue weighted by Gasteiger charge is 2.26. The summed E-state index contributed by atoms with van der Waals surface area (Å²) in [4.78, 5) is 0. The highest BCUT2D eigenvalue weighted by atomic mass is 19.3. The first-order valence-corrected chi connectivity index (χ1v) is 12.1. The molecule has 0 radical (unpaired) electrons. The Kier molecular flexibility index (Phi) is 13.1. The van der Waals surface area contributed by atoms with Crippen LogP contribution in [0.25, 0.3) is 6.08 Å². The molecule has 0 bridgehead atoms. The van der Waals surface area contributed by atoms with Crippen molar-refractivity contribution >= 4 is 11.8 Å². The third-order valence-corrected chi connectivity index (χ3v) is 5.40. The minimum atomic E-state index is -3.13. The molecule has 0 aliphatic heterocycles. The van der Waals surface area contributed by atoms with Gasteiger partial charge in [-0.3, -0.25) is 10.1 Å². The van der Waals surface area contributed by atoms with E-state index < -0.39 is 11.6 Å². The van der Waals surface area contributed by atoms with Crippen LogP contribution in [0.5, 0.6) is 0 Å². The zero-order valence-electron chi connectivity index (χ0n) is 20.7. The molecule has 2 aliphatic rings. The Morgan fingerprint density at radius 1 is 1.24 bits per heavy atom. The Bertz CT molecular complexity index is 798. The van der Waals surface area contributed by atoms with Crippen LogP contribution < -0.4 is 5.73 Å². The van der Waals surface area contributed by atoms with Crippen LogP contribution in [0.2, 0.25) is 0 Å². The fourth-order valence-electron chi connectivity index (χ4n) is 3.76. The smallest absolute Gasteiger partial charge is 0.286 e. The fourth-order valence-corrected chi connectivity index (χ4v) is 3.76. The number of hydrogen-bond donors (Lipinski definition) is 3. The maximum atomic E-state index is 13.0. The van der Waals surface area contributed by atoms with Crippen LogP contribution in [0.3, 0.4) is 0 Å². The van der Waals surface area contributed by atoms with Crippen LogP contribution >= 0.6 is 0 Å². The van der Waals surface area contributed by atoms with Crippen LogP contribution in [-0.2, 0) is 6.42 Å². The van der Waals surface area contributed by atoms with Crippen molar-refractivity contribution < 1.29 is 13.9 Å². The maximum absolute atomic E-state index is 13.0. The number of allylic oxidation sites excluding steroid dienone is 4. The third-order valence-electron chi connectivity index (χ3n) is 5.40. The molecule has 1 aromatic rings. The van der Waals surface area contributed by atoms with E-state index in [4.69, 9.17) is 16.2 Å². The molecular formula is C26H42F2N4O. The summed E-state index contributed by atoms with van der Waals surface area (Å²) in [6.07, 6.45) is 18.3. The van der Waals surface area contributed by atoms with Gasteiger partial charge >= 0.3 is 0 Å². The van der Waals surface area contributed by atoms with E-state index in [9.17, 15) is 13.9 Å². The van der Waals surface area contributed by atoms with Gasteiger partial charge in [-0.15, -0.1) is 0 Å². The fraction of sp³-hybridized carbons (Fsp3) is 0.615. The summed E-state index contributed by atoms with van der Waals surface area (Å²) in [5.41, 5.74) is 7.09. The van der Waals surface area contributed by atoms with Gasteiger partial charge in [0.2, 0.25) is 0 Å². The second-order valence-electron chi connectivity index (χ2n) is 8.66. The van der Waals surface area contributed by atoms with Gasteiger partial charge in [0.15, 0.2) is 0 Å². The lowest BCUT2D eigenvalue weighted by atomic mass is 9.86. The van der Waals surface area contributed by atoms with Crippen molar-refractivity contribution in [3.63, 3.8) is 0 Å². The van der Waals surface area contributed by atoms with E-state index in [0.29, 0.717) is 13.0 Å². The highest BCUT2D eigenvalue weighted by Crippen LogP contribution is 2.32. The number of aromatic nitrogens is 2. The van der Waals surface area contributed by atoms with Gasteiger partial charge in [0.25, 0.3) is 5.92 Å². The van der Waals surface area contributed by atoms with E-state index in [-0.39, 0.29) is 12.5 Å². The molecule has 0 amide bonds. The third kappa shape index (κ3) is 9.72. The average Bonchev–Trinajstić information content (AvgIpc) is 3.20. The number of nitrogens with two attached hydrogens (primary N) is 1. The van der Waals surface area contributed by atoms with Gasteiger partial charge in [0, 0.05) is 19.0 Å². The summed E-state index contributed by atoms with van der Waals surface area (Å²) in [6, 6.07) is 0.467. The molecule has 1 unspecified atom stereocenters. The van der Waals surface area contributed by atoms with Gasteiger partial charge in [-0.05, 0) is 49.1 Å². The molecule has 0 saturated heterocycles. The summed E-state index contributed by atoms with van der Waals surface area (Å²) in [5.74, 6) is -3.12. The van der Waals surface area contributed by atoms with Crippen LogP contribution in [-0.4, -0.2) is 39.7 Å². The first-order chi connectivity index (χ1) is 15.7. The molecule has 3 rings (SSSR count). The summed E-state index contributed by atoms with van der Waals surface area (Å²) in [7, 11) is 0. The van der Waals surface area contributed by atoms with Crippen molar-refractivity contribution in [1.29, 1.82) is 5.41 Å². The first kappa shape index (κ1) is 28.9. The van der Waals surface area contributed by atoms with E-state index in [1.54, 1.807) is 6.08 Å². The molecule has 7 heteroatoms. The number of rotatable bonds is 6. The zero-order chi connectivity index (χ0) is 24.9. The lowest BCUT2D eigenvalue weighted by Crippen LogP contribution is -2.20. The molecule has 0 spiro atoms. The number of aliphatic hydroxyl groups excluding tert-OH is 1. The van der Waals surface area contributed by atoms with Crippen molar-refractivity contribution in [2.45, 2.75) is 84.6 Å². The first-order valence-electron chi connectivity index (χ1n) is 12.1. The van der Waals surface area contributed by atoms with Crippen molar-refractivity contribution in [3.8, 4) is 0 Å². The summed E-state index contributed by atoms with van der Waals surface area (Å²) >= 11 is 0. The minimum absolute atomic E-state index is 0.00692. The molecule has 1 fully saturated rings. The normalized spacial score (nSPS) is 18.8. The number of halogens is 2. The molecule has 1 atom stereocenters. The Morgan fingerprint density at radius 3 is 2.39 bits per heavy atom. The number of fused-ring (bicyclic) bond motifs is 1. The number of nitrogens with zero attached hydrogens (tertiary/aromatic N) is 2. The highest BCUT2D eigenvalue weighted by molar-refractivity contribution is 5.97. The van der Waals surface area contributed by atoms with E-state index in [0.717, 1.165) is 35.9 Å². The molecule has 0 aromatic carbocycles. The molecule has 186 valence electrons. The molecule has 1 aromatic heterocycles. The van der Waals surface area contributed by atoms with Gasteiger partial charge in [-0.2, -0.15) is 13.9 Å². The average molecular weight is 465 g/mol. The topological polar surface area (TPSA) is 87.9 Å². The Balaban J connectivity index is 0.000000819. The Hall–Kier alpha value is -2.12. The van der Waals surface area contributed by atoms with Crippen molar-refractivity contribution in [3.05, 3.63) is 47.3 Å². The predicted molar refractivity (Wildman–Crippen MR) is 134 cm³/mol. The van der Waals surface area contributed by atoms with E-state index in [2.05, 4.69) is 24.7 Å². The van der Waals surface area contributed by atoms with Crippen molar-refractivity contribution in [2.24, 2.45) is 11.7 Å². The standard InChI is InChI=1S/C21H27F2N3O.C3H8.C2H7N/c1-21(22,23)20(24)10-6-5-7-15-11-16-13-26(18-8-3-2-4-9-18)25-19(16)12-17(15)14-27;1-3-2;1-2-3/h5-7,10,12-13,15,18,24,27H,2-4,8-9,11,14H2,1H3;3H2,1-2H3;2-3H2,1H3/b7-5+,10-6-,24-20?;;. The molecule has 33 heavy (non-hydrogen) atoms. The number of alkyl halides is 2. The second-order valence-corrected chi connectivity index (χ2v) is 8.66. The van der Waals surface area contributed by atoms with Crippen LogP contribution in [0.15, 0.2) is 36.1 Å². The van der Waals surface area contributed by atoms with Crippen molar-refractivity contribution in [2.75, 3.05) is 13.2 Å². The van der Waals surface area contributed by atoms with Gasteiger partial charge in [0.1, 0.15) is 5.71 Å². The second kappa shape index (κ2) is 14.9. The van der Waals surface area contributed by atoms with Crippen LogP contribution in [0, 0.1) is 11.3 Å². The lowest BCUT2D eigenvalue weighted by molar-refractivity contribution is 0.101. The van der Waals surface area contributed by atoms with Crippen LogP contribution in [0.4, 0.5) is 8.78 Å². The molecular weight excluding hydrogens is 422 g/mol. The largest absolute Gasteiger partial charge is 0.392 e. The quantitative estimate of drug-likeness (QED) is 0.351.